The normalized spacial score (nSPS) is 18.0. The molecule has 0 saturated carbocycles. The molecule has 1 heterocycles. The van der Waals surface area contributed by atoms with Crippen molar-refractivity contribution in [1.82, 2.24) is 9.62 Å². The van der Waals surface area contributed by atoms with Crippen LogP contribution in [0.25, 0.3) is 0 Å². The third-order valence-corrected chi connectivity index (χ3v) is 7.51. The Hall–Kier alpha value is -1.41. The molecule has 1 fully saturated rings. The van der Waals surface area contributed by atoms with Gasteiger partial charge in [-0.2, -0.15) is 4.31 Å². The summed E-state index contributed by atoms with van der Waals surface area (Å²) in [6, 6.07) is 13.3. The molecule has 28 heavy (non-hydrogen) atoms. The second-order valence-corrected chi connectivity index (χ2v) is 9.99. The van der Waals surface area contributed by atoms with Crippen molar-refractivity contribution in [2.24, 2.45) is 0 Å². The van der Waals surface area contributed by atoms with E-state index >= 15 is 0 Å². The number of amides is 1. The highest BCUT2D eigenvalue weighted by Gasteiger charge is 2.37. The Morgan fingerprint density at radius 1 is 1.11 bits per heavy atom. The fourth-order valence-electron chi connectivity index (χ4n) is 3.30. The zero-order valence-corrected chi connectivity index (χ0v) is 18.4. The van der Waals surface area contributed by atoms with Crippen LogP contribution >= 0.6 is 27.5 Å². The molecule has 1 amide bonds. The summed E-state index contributed by atoms with van der Waals surface area (Å²) in [6.07, 6.45) is 2.78. The third kappa shape index (κ3) is 5.14. The molecule has 0 aliphatic carbocycles. The van der Waals surface area contributed by atoms with E-state index in [1.165, 1.54) is 4.31 Å². The number of sulfonamides is 1. The molecular weight excluding hydrogens is 464 g/mol. The number of rotatable bonds is 6. The van der Waals surface area contributed by atoms with Gasteiger partial charge in [0.05, 0.1) is 4.90 Å². The van der Waals surface area contributed by atoms with Crippen molar-refractivity contribution < 1.29 is 13.2 Å². The van der Waals surface area contributed by atoms with Crippen LogP contribution in [-0.4, -0.2) is 37.8 Å². The maximum Gasteiger partial charge on any atom is 0.243 e. The number of nitrogens with one attached hydrogen (secondary N) is 1. The second-order valence-electron chi connectivity index (χ2n) is 6.75. The lowest BCUT2D eigenvalue weighted by molar-refractivity contribution is -0.125. The van der Waals surface area contributed by atoms with Crippen molar-refractivity contribution in [2.75, 3.05) is 13.1 Å². The second kappa shape index (κ2) is 9.39. The molecule has 0 aromatic heterocycles. The predicted octanol–water partition coefficient (Wildman–Crippen LogP) is 4.00. The van der Waals surface area contributed by atoms with Crippen molar-refractivity contribution >= 4 is 43.5 Å². The Morgan fingerprint density at radius 2 is 1.79 bits per heavy atom. The first-order valence-corrected chi connectivity index (χ1v) is 11.8. The molecule has 1 aliphatic rings. The standard InChI is InChI=1S/C20H22BrClN2O3S/c21-16-6-10-18(11-7-16)28(26,27)24-14-2-1-3-19(24)20(25)23-13-12-15-4-8-17(22)9-5-15/h4-11,19H,1-3,12-14H2,(H,23,25)/t19-/m0/s1. The molecule has 0 unspecified atom stereocenters. The zero-order valence-electron chi connectivity index (χ0n) is 15.3. The van der Waals surface area contributed by atoms with E-state index in [0.717, 1.165) is 22.9 Å². The number of halogens is 2. The lowest BCUT2D eigenvalue weighted by atomic mass is 10.0. The van der Waals surface area contributed by atoms with Gasteiger partial charge in [0.1, 0.15) is 6.04 Å². The molecule has 150 valence electrons. The molecule has 0 radical (unpaired) electrons. The molecule has 0 bridgehead atoms. The van der Waals surface area contributed by atoms with Gasteiger partial charge in [-0.15, -0.1) is 0 Å². The van der Waals surface area contributed by atoms with E-state index < -0.39 is 16.1 Å². The monoisotopic (exact) mass is 484 g/mol. The highest BCUT2D eigenvalue weighted by molar-refractivity contribution is 9.10. The van der Waals surface area contributed by atoms with E-state index in [2.05, 4.69) is 21.2 Å². The van der Waals surface area contributed by atoms with Crippen molar-refractivity contribution in [3.05, 3.63) is 63.6 Å². The molecule has 2 aromatic rings. The summed E-state index contributed by atoms with van der Waals surface area (Å²) < 4.78 is 28.3. The van der Waals surface area contributed by atoms with E-state index in [1.807, 2.05) is 24.3 Å². The smallest absolute Gasteiger partial charge is 0.243 e. The number of hydrogen-bond donors (Lipinski definition) is 1. The summed E-state index contributed by atoms with van der Waals surface area (Å²) in [5.41, 5.74) is 1.06. The van der Waals surface area contributed by atoms with Crippen LogP contribution in [-0.2, 0) is 21.2 Å². The summed E-state index contributed by atoms with van der Waals surface area (Å²) in [5, 5.41) is 3.56. The summed E-state index contributed by atoms with van der Waals surface area (Å²) in [6.45, 7) is 0.802. The van der Waals surface area contributed by atoms with Gasteiger partial charge in [-0.25, -0.2) is 8.42 Å². The Morgan fingerprint density at radius 3 is 2.46 bits per heavy atom. The van der Waals surface area contributed by atoms with Crippen molar-refractivity contribution in [1.29, 1.82) is 0 Å². The average Bonchev–Trinajstić information content (AvgIpc) is 2.70. The lowest BCUT2D eigenvalue weighted by Gasteiger charge is -2.33. The molecule has 2 aromatic carbocycles. The predicted molar refractivity (Wildman–Crippen MR) is 114 cm³/mol. The SMILES string of the molecule is O=C(NCCc1ccc(Cl)cc1)[C@@H]1CCCCN1S(=O)(=O)c1ccc(Br)cc1. The van der Waals surface area contributed by atoms with Gasteiger partial charge in [-0.05, 0) is 61.2 Å². The number of piperidine rings is 1. The third-order valence-electron chi connectivity index (χ3n) is 4.80. The van der Waals surface area contributed by atoms with Crippen LogP contribution in [0.4, 0.5) is 0 Å². The fourth-order valence-corrected chi connectivity index (χ4v) is 5.34. The number of nitrogens with zero attached hydrogens (tertiary/aromatic N) is 1. The van der Waals surface area contributed by atoms with Gasteiger partial charge >= 0.3 is 0 Å². The van der Waals surface area contributed by atoms with Crippen LogP contribution in [0.3, 0.4) is 0 Å². The van der Waals surface area contributed by atoms with E-state index in [9.17, 15) is 13.2 Å². The summed E-state index contributed by atoms with van der Waals surface area (Å²) >= 11 is 9.20. The van der Waals surface area contributed by atoms with Gasteiger partial charge in [0.25, 0.3) is 0 Å². The van der Waals surface area contributed by atoms with Gasteiger partial charge < -0.3 is 5.32 Å². The molecule has 1 N–H and O–H groups in total. The van der Waals surface area contributed by atoms with Gasteiger partial charge in [0.15, 0.2) is 0 Å². The molecule has 5 nitrogen and oxygen atoms in total. The van der Waals surface area contributed by atoms with Crippen molar-refractivity contribution in [2.45, 2.75) is 36.6 Å². The van der Waals surface area contributed by atoms with Gasteiger partial charge in [0, 0.05) is 22.6 Å². The average molecular weight is 486 g/mol. The highest BCUT2D eigenvalue weighted by atomic mass is 79.9. The Kier molecular flexibility index (Phi) is 7.15. The van der Waals surface area contributed by atoms with Gasteiger partial charge in [-0.1, -0.05) is 46.1 Å². The summed E-state index contributed by atoms with van der Waals surface area (Å²) in [7, 11) is -3.72. The first kappa shape index (κ1) is 21.3. The molecule has 1 aliphatic heterocycles. The number of carbonyl (C=O) groups excluding carboxylic acids is 1. The van der Waals surface area contributed by atoms with Crippen LogP contribution in [0.5, 0.6) is 0 Å². The van der Waals surface area contributed by atoms with Crippen LogP contribution in [0.2, 0.25) is 5.02 Å². The van der Waals surface area contributed by atoms with Crippen LogP contribution < -0.4 is 5.32 Å². The Labute approximate surface area is 179 Å². The van der Waals surface area contributed by atoms with Gasteiger partial charge in [0.2, 0.25) is 15.9 Å². The number of hydrogen-bond acceptors (Lipinski definition) is 3. The minimum atomic E-state index is -3.72. The van der Waals surface area contributed by atoms with E-state index in [-0.39, 0.29) is 10.8 Å². The maximum absolute atomic E-state index is 13.1. The topological polar surface area (TPSA) is 66.5 Å². The molecule has 8 heteroatoms. The van der Waals surface area contributed by atoms with Crippen LogP contribution in [0.15, 0.2) is 57.9 Å². The summed E-state index contributed by atoms with van der Waals surface area (Å²) in [4.78, 5) is 12.9. The fraction of sp³-hybridized carbons (Fsp3) is 0.350. The maximum atomic E-state index is 13.1. The Balaban J connectivity index is 1.67. The van der Waals surface area contributed by atoms with Crippen molar-refractivity contribution in [3.8, 4) is 0 Å². The summed E-state index contributed by atoms with van der Waals surface area (Å²) in [5.74, 6) is -0.241. The minimum Gasteiger partial charge on any atom is -0.354 e. The minimum absolute atomic E-state index is 0.205. The molecular formula is C20H22BrClN2O3S. The van der Waals surface area contributed by atoms with Crippen LogP contribution in [0, 0.1) is 0 Å². The lowest BCUT2D eigenvalue weighted by Crippen LogP contribution is -2.52. The molecule has 1 atom stereocenters. The molecule has 1 saturated heterocycles. The van der Waals surface area contributed by atoms with E-state index in [1.54, 1.807) is 24.3 Å². The van der Waals surface area contributed by atoms with E-state index in [0.29, 0.717) is 31.0 Å². The van der Waals surface area contributed by atoms with Crippen molar-refractivity contribution in [3.63, 3.8) is 0 Å². The molecule has 0 spiro atoms. The highest BCUT2D eigenvalue weighted by Crippen LogP contribution is 2.26. The van der Waals surface area contributed by atoms with Crippen LogP contribution in [0.1, 0.15) is 24.8 Å². The largest absolute Gasteiger partial charge is 0.354 e. The Bertz CT molecular complexity index is 917. The quantitative estimate of drug-likeness (QED) is 0.672. The number of benzene rings is 2. The zero-order chi connectivity index (χ0) is 20.1. The molecule has 3 rings (SSSR count). The first-order chi connectivity index (χ1) is 13.4. The first-order valence-electron chi connectivity index (χ1n) is 9.17. The van der Waals surface area contributed by atoms with E-state index in [4.69, 9.17) is 11.6 Å². The number of carbonyl (C=O) groups is 1. The van der Waals surface area contributed by atoms with Gasteiger partial charge in [-0.3, -0.25) is 4.79 Å².